The minimum atomic E-state index is 0.342. The Morgan fingerprint density at radius 1 is 1.08 bits per heavy atom. The largest absolute Gasteiger partial charge is 0.368 e. The molecule has 0 unspecified atom stereocenters. The van der Waals surface area contributed by atoms with Gasteiger partial charge in [0.05, 0.1) is 11.4 Å². The van der Waals surface area contributed by atoms with Crippen LogP contribution in [0.5, 0.6) is 0 Å². The van der Waals surface area contributed by atoms with Gasteiger partial charge in [-0.1, -0.05) is 79.8 Å². The van der Waals surface area contributed by atoms with Crippen LogP contribution in [-0.2, 0) is 13.0 Å². The molecule has 0 heterocycles. The van der Waals surface area contributed by atoms with E-state index in [-0.39, 0.29) is 0 Å². The van der Waals surface area contributed by atoms with Crippen LogP contribution >= 0.6 is 0 Å². The van der Waals surface area contributed by atoms with Gasteiger partial charge in [-0.2, -0.15) is 0 Å². The van der Waals surface area contributed by atoms with Gasteiger partial charge in [0.2, 0.25) is 0 Å². The molecule has 0 aromatic heterocycles. The van der Waals surface area contributed by atoms with Crippen molar-refractivity contribution in [3.05, 3.63) is 94.8 Å². The van der Waals surface area contributed by atoms with Crippen molar-refractivity contribution in [2.75, 3.05) is 6.54 Å². The predicted octanol–water partition coefficient (Wildman–Crippen LogP) is 6.01. The Bertz CT molecular complexity index is 1110. The molecule has 2 aromatic rings. The Kier molecular flexibility index (Phi) is 10.9. The standard InChI is InChI=1S/C32H42N4/c1-5-9-29-10-7-8-11-30(29)23-34-25(4)36-32(35-22-27-17-20-31(33)21-18-27)28(6-2)19-16-26-14-12-24(3)13-15-26/h6-8,10-15,27,31,34H,4-5,9,17-18,20-23,33H2,1-3H3,(H,35,36)/b28-6-. The normalized spacial score (nSPS) is 18.2. The molecule has 1 aliphatic carbocycles. The Balaban J connectivity index is 1.73. The van der Waals surface area contributed by atoms with Gasteiger partial charge in [0.1, 0.15) is 5.84 Å². The molecule has 0 atom stereocenters. The third kappa shape index (κ3) is 8.73. The highest BCUT2D eigenvalue weighted by Crippen LogP contribution is 2.23. The van der Waals surface area contributed by atoms with Crippen molar-refractivity contribution >= 4 is 5.84 Å². The smallest absolute Gasteiger partial charge is 0.142 e. The number of hydrogen-bond donors (Lipinski definition) is 3. The summed E-state index contributed by atoms with van der Waals surface area (Å²) in [5.74, 6) is 8.68. The van der Waals surface area contributed by atoms with E-state index in [0.717, 1.165) is 74.4 Å². The first-order valence-corrected chi connectivity index (χ1v) is 13.3. The van der Waals surface area contributed by atoms with Crippen LogP contribution in [-0.4, -0.2) is 18.4 Å². The fourth-order valence-corrected chi connectivity index (χ4v) is 4.46. The van der Waals surface area contributed by atoms with Crippen LogP contribution in [0.1, 0.15) is 68.2 Å². The summed E-state index contributed by atoms with van der Waals surface area (Å²) in [6.07, 6.45) is 8.65. The van der Waals surface area contributed by atoms with Gasteiger partial charge >= 0.3 is 0 Å². The van der Waals surface area contributed by atoms with Gasteiger partial charge in [-0.3, -0.25) is 4.99 Å². The van der Waals surface area contributed by atoms with Crippen molar-refractivity contribution in [1.29, 1.82) is 0 Å². The highest BCUT2D eigenvalue weighted by atomic mass is 15.1. The molecule has 3 rings (SSSR count). The maximum Gasteiger partial charge on any atom is 0.142 e. The zero-order valence-corrected chi connectivity index (χ0v) is 22.2. The third-order valence-electron chi connectivity index (χ3n) is 6.74. The molecular formula is C32H42N4. The number of rotatable bonds is 9. The molecule has 0 aliphatic heterocycles. The van der Waals surface area contributed by atoms with E-state index in [4.69, 9.17) is 10.7 Å². The lowest BCUT2D eigenvalue weighted by atomic mass is 9.86. The lowest BCUT2D eigenvalue weighted by Gasteiger charge is -2.25. The number of nitrogens with zero attached hydrogens (tertiary/aromatic N) is 1. The van der Waals surface area contributed by atoms with Crippen LogP contribution in [0.15, 0.2) is 77.6 Å². The summed E-state index contributed by atoms with van der Waals surface area (Å²) in [6, 6.07) is 17.2. The molecule has 4 nitrogen and oxygen atoms in total. The lowest BCUT2D eigenvalue weighted by Crippen LogP contribution is -2.33. The van der Waals surface area contributed by atoms with Crippen molar-refractivity contribution in [3.8, 4) is 11.8 Å². The molecule has 0 spiro atoms. The second-order valence-electron chi connectivity index (χ2n) is 9.76. The summed E-state index contributed by atoms with van der Waals surface area (Å²) in [7, 11) is 0. The molecule has 2 aromatic carbocycles. The number of aryl methyl sites for hydroxylation is 2. The van der Waals surface area contributed by atoms with E-state index < -0.39 is 0 Å². The summed E-state index contributed by atoms with van der Waals surface area (Å²) in [6.45, 7) is 12.0. The third-order valence-corrected chi connectivity index (χ3v) is 6.74. The van der Waals surface area contributed by atoms with E-state index in [2.05, 4.69) is 91.4 Å². The number of amidine groups is 1. The summed E-state index contributed by atoms with van der Waals surface area (Å²) in [5.41, 5.74) is 11.9. The van der Waals surface area contributed by atoms with Crippen molar-refractivity contribution < 1.29 is 0 Å². The molecule has 0 radical (unpaired) electrons. The number of benzene rings is 2. The van der Waals surface area contributed by atoms with E-state index in [0.29, 0.717) is 12.0 Å². The summed E-state index contributed by atoms with van der Waals surface area (Å²) >= 11 is 0. The van der Waals surface area contributed by atoms with E-state index in [9.17, 15) is 0 Å². The molecule has 4 N–H and O–H groups in total. The summed E-state index contributed by atoms with van der Waals surface area (Å²) in [5, 5.41) is 6.89. The van der Waals surface area contributed by atoms with Gasteiger partial charge in [-0.25, -0.2) is 0 Å². The van der Waals surface area contributed by atoms with Crippen molar-refractivity contribution in [1.82, 2.24) is 10.6 Å². The molecule has 4 heteroatoms. The first-order valence-electron chi connectivity index (χ1n) is 13.3. The van der Waals surface area contributed by atoms with Gasteiger partial charge in [-0.15, -0.1) is 0 Å². The van der Waals surface area contributed by atoms with Crippen molar-refractivity contribution in [2.24, 2.45) is 16.6 Å². The maximum absolute atomic E-state index is 6.11. The van der Waals surface area contributed by atoms with Crippen LogP contribution in [0, 0.1) is 24.7 Å². The second kappa shape index (κ2) is 14.3. The van der Waals surface area contributed by atoms with Crippen LogP contribution in [0.25, 0.3) is 0 Å². The fraction of sp³-hybridized carbons (Fsp3) is 0.406. The number of nitrogens with one attached hydrogen (secondary N) is 2. The Morgan fingerprint density at radius 2 is 1.78 bits per heavy atom. The van der Waals surface area contributed by atoms with Crippen LogP contribution in [0.2, 0.25) is 0 Å². The van der Waals surface area contributed by atoms with Gasteiger partial charge in [0, 0.05) is 24.7 Å². The highest BCUT2D eigenvalue weighted by molar-refractivity contribution is 6.03. The van der Waals surface area contributed by atoms with E-state index in [1.54, 1.807) is 0 Å². The number of nitrogens with two attached hydrogens (primary N) is 1. The summed E-state index contributed by atoms with van der Waals surface area (Å²) < 4.78 is 0. The second-order valence-corrected chi connectivity index (χ2v) is 9.76. The molecule has 36 heavy (non-hydrogen) atoms. The average molecular weight is 483 g/mol. The minimum absolute atomic E-state index is 0.342. The Labute approximate surface area is 218 Å². The quantitative estimate of drug-likeness (QED) is 0.233. The molecular weight excluding hydrogens is 440 g/mol. The van der Waals surface area contributed by atoms with Crippen LogP contribution < -0.4 is 16.4 Å². The van der Waals surface area contributed by atoms with E-state index in [1.807, 2.05) is 13.0 Å². The van der Waals surface area contributed by atoms with Gasteiger partial charge < -0.3 is 16.4 Å². The Hall–Kier alpha value is -3.29. The van der Waals surface area contributed by atoms with Crippen LogP contribution in [0.4, 0.5) is 0 Å². The molecule has 1 fully saturated rings. The van der Waals surface area contributed by atoms with Gasteiger partial charge in [0.25, 0.3) is 0 Å². The highest BCUT2D eigenvalue weighted by Gasteiger charge is 2.18. The fourth-order valence-electron chi connectivity index (χ4n) is 4.46. The minimum Gasteiger partial charge on any atom is -0.368 e. The lowest BCUT2D eigenvalue weighted by molar-refractivity contribution is 0.333. The average Bonchev–Trinajstić information content (AvgIpc) is 2.89. The number of hydrogen-bond acceptors (Lipinski definition) is 3. The number of aliphatic imine (C=N–C) groups is 1. The maximum atomic E-state index is 6.11. The first kappa shape index (κ1) is 27.3. The van der Waals surface area contributed by atoms with Crippen LogP contribution in [0.3, 0.4) is 0 Å². The van der Waals surface area contributed by atoms with Gasteiger partial charge in [-0.05, 0) is 75.1 Å². The molecule has 1 aliphatic rings. The molecule has 0 amide bonds. The predicted molar refractivity (Wildman–Crippen MR) is 154 cm³/mol. The molecule has 190 valence electrons. The zero-order valence-electron chi connectivity index (χ0n) is 22.2. The first-order chi connectivity index (χ1) is 17.5. The molecule has 0 bridgehead atoms. The van der Waals surface area contributed by atoms with E-state index in [1.165, 1.54) is 16.7 Å². The topological polar surface area (TPSA) is 62.4 Å². The molecule has 1 saturated carbocycles. The Morgan fingerprint density at radius 3 is 2.44 bits per heavy atom. The van der Waals surface area contributed by atoms with E-state index >= 15 is 0 Å². The number of allylic oxidation sites excluding steroid dienone is 1. The van der Waals surface area contributed by atoms with Gasteiger partial charge in [0.15, 0.2) is 0 Å². The summed E-state index contributed by atoms with van der Waals surface area (Å²) in [4.78, 5) is 5.01. The molecule has 0 saturated heterocycles. The monoisotopic (exact) mass is 482 g/mol. The zero-order chi connectivity index (χ0) is 25.8. The van der Waals surface area contributed by atoms with Crippen molar-refractivity contribution in [3.63, 3.8) is 0 Å². The SMILES string of the molecule is C=C(NCc1ccccc1CCC)NC(=NCC1CCC(N)CC1)/C(C#Cc1ccc(C)cc1)=C\C. The van der Waals surface area contributed by atoms with Crippen molar-refractivity contribution in [2.45, 2.75) is 71.9 Å².